The Labute approximate surface area is 184 Å². The third-order valence-electron chi connectivity index (χ3n) is 4.92. The van der Waals surface area contributed by atoms with Crippen LogP contribution in [-0.4, -0.2) is 42.8 Å². The number of anilines is 1. The number of nitrogens with one attached hydrogen (secondary N) is 1. The van der Waals surface area contributed by atoms with E-state index in [0.717, 1.165) is 21.5 Å². The van der Waals surface area contributed by atoms with Crippen LogP contribution in [0, 0.1) is 6.92 Å². The molecule has 164 valence electrons. The number of benzene rings is 2. The van der Waals surface area contributed by atoms with E-state index in [4.69, 9.17) is 16.7 Å². The molecule has 0 atom stereocenters. The Balaban J connectivity index is 1.59. The number of hydrogen-bond acceptors (Lipinski definition) is 7. The molecule has 13 heteroatoms. The number of fused-ring (bicyclic) bond motifs is 1. The molecule has 31 heavy (non-hydrogen) atoms. The van der Waals surface area contributed by atoms with Crippen LogP contribution in [0.25, 0.3) is 0 Å². The Bertz CT molecular complexity index is 1370. The maximum absolute atomic E-state index is 13.1. The SMILES string of the molecule is Cc1ccccc1Cn1cc(CN2CNc3cc(Cl)c(S(N)(=O)=O)cc3S2(=O)=O)nn1. The van der Waals surface area contributed by atoms with Crippen LogP contribution in [0.4, 0.5) is 5.69 Å². The highest BCUT2D eigenvalue weighted by atomic mass is 35.5. The monoisotopic (exact) mass is 482 g/mol. The lowest BCUT2D eigenvalue weighted by molar-refractivity contribution is 0.416. The van der Waals surface area contributed by atoms with Crippen molar-refractivity contribution in [2.45, 2.75) is 29.8 Å². The van der Waals surface area contributed by atoms with Crippen LogP contribution in [0.5, 0.6) is 0 Å². The topological polar surface area (TPSA) is 140 Å². The summed E-state index contributed by atoms with van der Waals surface area (Å²) in [7, 11) is -8.21. The maximum atomic E-state index is 13.1. The summed E-state index contributed by atoms with van der Waals surface area (Å²) in [6, 6.07) is 10.1. The number of primary sulfonamides is 1. The highest BCUT2D eigenvalue weighted by Gasteiger charge is 2.34. The number of hydrogen-bond donors (Lipinski definition) is 2. The van der Waals surface area contributed by atoms with Crippen molar-refractivity contribution in [3.8, 4) is 0 Å². The molecular formula is C18H19ClN6O4S2. The van der Waals surface area contributed by atoms with Crippen molar-refractivity contribution in [2.75, 3.05) is 12.0 Å². The quantitative estimate of drug-likeness (QED) is 0.561. The van der Waals surface area contributed by atoms with Crippen LogP contribution in [0.2, 0.25) is 5.02 Å². The van der Waals surface area contributed by atoms with Gasteiger partial charge in [-0.1, -0.05) is 41.1 Å². The summed E-state index contributed by atoms with van der Waals surface area (Å²) in [5.41, 5.74) is 2.84. The highest BCUT2D eigenvalue weighted by molar-refractivity contribution is 7.90. The molecule has 1 aliphatic heterocycles. The Kier molecular flexibility index (Phi) is 5.52. The molecule has 3 aromatic rings. The first-order valence-corrected chi connectivity index (χ1v) is 12.5. The average molecular weight is 483 g/mol. The van der Waals surface area contributed by atoms with Crippen LogP contribution < -0.4 is 10.5 Å². The second-order valence-electron chi connectivity index (χ2n) is 7.11. The van der Waals surface area contributed by atoms with E-state index < -0.39 is 24.9 Å². The second-order valence-corrected chi connectivity index (χ2v) is 11.0. The molecular weight excluding hydrogens is 464 g/mol. The van der Waals surface area contributed by atoms with Crippen molar-refractivity contribution in [1.29, 1.82) is 0 Å². The Morgan fingerprint density at radius 2 is 1.97 bits per heavy atom. The smallest absolute Gasteiger partial charge is 0.247 e. The molecule has 0 unspecified atom stereocenters. The summed E-state index contributed by atoms with van der Waals surface area (Å²) in [5.74, 6) is 0. The van der Waals surface area contributed by atoms with Gasteiger partial charge in [-0.2, -0.15) is 4.31 Å². The molecule has 3 N–H and O–H groups in total. The zero-order valence-corrected chi connectivity index (χ0v) is 18.7. The predicted octanol–water partition coefficient (Wildman–Crippen LogP) is 1.51. The Hall–Kier alpha value is -2.51. The van der Waals surface area contributed by atoms with Gasteiger partial charge in [-0.25, -0.2) is 26.7 Å². The van der Waals surface area contributed by atoms with Gasteiger partial charge in [-0.3, -0.25) is 0 Å². The van der Waals surface area contributed by atoms with Gasteiger partial charge < -0.3 is 5.32 Å². The van der Waals surface area contributed by atoms with Gasteiger partial charge in [0.25, 0.3) is 0 Å². The van der Waals surface area contributed by atoms with Crippen molar-refractivity contribution < 1.29 is 16.8 Å². The fraction of sp³-hybridized carbons (Fsp3) is 0.222. The largest absolute Gasteiger partial charge is 0.370 e. The number of sulfonamides is 2. The third-order valence-corrected chi connectivity index (χ3v) is 8.13. The molecule has 2 heterocycles. The fourth-order valence-electron chi connectivity index (χ4n) is 3.27. The lowest BCUT2D eigenvalue weighted by Gasteiger charge is -2.29. The summed E-state index contributed by atoms with van der Waals surface area (Å²) in [6.45, 7) is 2.42. The highest BCUT2D eigenvalue weighted by Crippen LogP contribution is 2.35. The average Bonchev–Trinajstić information content (AvgIpc) is 3.12. The van der Waals surface area contributed by atoms with Crippen LogP contribution in [-0.2, 0) is 33.1 Å². The third kappa shape index (κ3) is 4.29. The van der Waals surface area contributed by atoms with Gasteiger partial charge in [0.05, 0.1) is 42.4 Å². The number of aryl methyl sites for hydroxylation is 1. The first kappa shape index (κ1) is 21.7. The van der Waals surface area contributed by atoms with E-state index in [2.05, 4.69) is 15.6 Å². The van der Waals surface area contributed by atoms with Gasteiger partial charge in [0, 0.05) is 0 Å². The fourth-order valence-corrected chi connectivity index (χ4v) is 5.94. The van der Waals surface area contributed by atoms with E-state index in [9.17, 15) is 16.8 Å². The summed E-state index contributed by atoms with van der Waals surface area (Å²) >= 11 is 5.96. The molecule has 2 aromatic carbocycles. The maximum Gasteiger partial charge on any atom is 0.247 e. The van der Waals surface area contributed by atoms with E-state index in [0.29, 0.717) is 12.2 Å². The van der Waals surface area contributed by atoms with Gasteiger partial charge in [0.15, 0.2) is 0 Å². The first-order valence-electron chi connectivity index (χ1n) is 9.09. The van der Waals surface area contributed by atoms with Crippen LogP contribution >= 0.6 is 11.6 Å². The molecule has 0 saturated carbocycles. The molecule has 1 aromatic heterocycles. The summed E-state index contributed by atoms with van der Waals surface area (Å²) < 4.78 is 52.4. The minimum absolute atomic E-state index is 0.0367. The van der Waals surface area contributed by atoms with Crippen LogP contribution in [0.3, 0.4) is 0 Å². The van der Waals surface area contributed by atoms with Gasteiger partial charge in [0.1, 0.15) is 9.79 Å². The summed E-state index contributed by atoms with van der Waals surface area (Å²) in [4.78, 5) is -0.677. The molecule has 0 saturated heterocycles. The van der Waals surface area contributed by atoms with Gasteiger partial charge in [-0.05, 0) is 30.2 Å². The van der Waals surface area contributed by atoms with Crippen molar-refractivity contribution in [2.24, 2.45) is 5.14 Å². The van der Waals surface area contributed by atoms with E-state index in [1.54, 1.807) is 10.9 Å². The lowest BCUT2D eigenvalue weighted by Crippen LogP contribution is -2.39. The standard InChI is InChI=1S/C18H19ClN6O4S2/c1-12-4-2-3-5-13(12)8-24-9-14(22-23-24)10-25-11-21-16-6-15(19)17(30(20,26)27)7-18(16)31(25,28)29/h2-7,9,21H,8,10-11H2,1H3,(H2,20,26,27). The summed E-state index contributed by atoms with van der Waals surface area (Å²) in [6.07, 6.45) is 1.68. The van der Waals surface area contributed by atoms with Crippen LogP contribution in [0.15, 0.2) is 52.4 Å². The van der Waals surface area contributed by atoms with E-state index in [-0.39, 0.29) is 28.8 Å². The molecule has 0 aliphatic carbocycles. The number of aromatic nitrogens is 3. The summed E-state index contributed by atoms with van der Waals surface area (Å²) in [5, 5.41) is 16.1. The predicted molar refractivity (Wildman–Crippen MR) is 114 cm³/mol. The van der Waals surface area contributed by atoms with E-state index in [1.165, 1.54) is 6.07 Å². The zero-order chi connectivity index (χ0) is 22.4. The van der Waals surface area contributed by atoms with Gasteiger partial charge >= 0.3 is 0 Å². The number of nitrogens with zero attached hydrogens (tertiary/aromatic N) is 4. The number of nitrogens with two attached hydrogens (primary N) is 1. The molecule has 0 bridgehead atoms. The lowest BCUT2D eigenvalue weighted by atomic mass is 10.1. The molecule has 4 rings (SSSR count). The molecule has 0 fully saturated rings. The van der Waals surface area contributed by atoms with Gasteiger partial charge in [0.2, 0.25) is 20.0 Å². The van der Waals surface area contributed by atoms with E-state index in [1.807, 2.05) is 31.2 Å². The van der Waals surface area contributed by atoms with Crippen LogP contribution in [0.1, 0.15) is 16.8 Å². The minimum Gasteiger partial charge on any atom is -0.370 e. The zero-order valence-electron chi connectivity index (χ0n) is 16.4. The molecule has 10 nitrogen and oxygen atoms in total. The van der Waals surface area contributed by atoms with E-state index >= 15 is 0 Å². The Morgan fingerprint density at radius 3 is 2.68 bits per heavy atom. The molecule has 0 spiro atoms. The molecule has 1 aliphatic rings. The van der Waals surface area contributed by atoms with Crippen molar-refractivity contribution in [1.82, 2.24) is 19.3 Å². The number of halogens is 1. The van der Waals surface area contributed by atoms with Gasteiger partial charge in [-0.15, -0.1) is 5.10 Å². The van der Waals surface area contributed by atoms with Crippen molar-refractivity contribution in [3.63, 3.8) is 0 Å². The molecule has 0 radical (unpaired) electrons. The van der Waals surface area contributed by atoms with Crippen molar-refractivity contribution >= 4 is 37.3 Å². The number of rotatable bonds is 5. The minimum atomic E-state index is -4.19. The first-order chi connectivity index (χ1) is 14.6. The van der Waals surface area contributed by atoms with Crippen molar-refractivity contribution in [3.05, 3.63) is 64.4 Å². The molecule has 0 amide bonds. The second kappa shape index (κ2) is 7.88. The normalized spacial score (nSPS) is 16.0. The Morgan fingerprint density at radius 1 is 1.23 bits per heavy atom.